The zero-order valence-electron chi connectivity index (χ0n) is 20.0. The molecule has 0 saturated carbocycles. The summed E-state index contributed by atoms with van der Waals surface area (Å²) in [5.41, 5.74) is 4.04. The Bertz CT molecular complexity index is 1220. The lowest BCUT2D eigenvalue weighted by Crippen LogP contribution is -2.38. The smallest absolute Gasteiger partial charge is 0.257 e. The van der Waals surface area contributed by atoms with E-state index in [-0.39, 0.29) is 30.3 Å². The van der Waals surface area contributed by atoms with Gasteiger partial charge in [-0.15, -0.1) is 0 Å². The molecular weight excluding hydrogens is 440 g/mol. The molecule has 0 saturated heterocycles. The minimum Gasteiger partial charge on any atom is -0.362 e. The first-order chi connectivity index (χ1) is 16.9. The van der Waals surface area contributed by atoms with Gasteiger partial charge in [-0.3, -0.25) is 14.4 Å². The standard InChI is InChI=1S/C28H30N4O3/c1-19(2)29-27(34)22-13-8-16-25-21(22)14-9-17-32(25)18-26(33)31-24-15-7-6-12-23(24)28(35)30-20-10-4-3-5-11-20/h3-8,10-13,15-16,19H,9,14,17-18H2,1-2H3,(H,29,34)(H,30,35)(H,31,33). The van der Waals surface area contributed by atoms with Crippen LogP contribution in [0.2, 0.25) is 0 Å². The Morgan fingerprint density at radius 3 is 2.31 bits per heavy atom. The number of hydrogen-bond acceptors (Lipinski definition) is 4. The molecule has 3 aromatic carbocycles. The van der Waals surface area contributed by atoms with Gasteiger partial charge in [0, 0.05) is 29.5 Å². The summed E-state index contributed by atoms with van der Waals surface area (Å²) in [6.07, 6.45) is 1.64. The molecule has 180 valence electrons. The van der Waals surface area contributed by atoms with Crippen molar-refractivity contribution < 1.29 is 14.4 Å². The van der Waals surface area contributed by atoms with Crippen LogP contribution in [0.15, 0.2) is 72.8 Å². The summed E-state index contributed by atoms with van der Waals surface area (Å²) >= 11 is 0. The molecule has 3 amide bonds. The average Bonchev–Trinajstić information content (AvgIpc) is 2.84. The van der Waals surface area contributed by atoms with Crippen molar-refractivity contribution in [1.29, 1.82) is 0 Å². The third kappa shape index (κ3) is 5.87. The average molecular weight is 471 g/mol. The van der Waals surface area contributed by atoms with Crippen LogP contribution in [-0.2, 0) is 11.2 Å². The number of benzene rings is 3. The van der Waals surface area contributed by atoms with E-state index in [2.05, 4.69) is 16.0 Å². The second kappa shape index (κ2) is 10.9. The fraction of sp³-hybridized carbons (Fsp3) is 0.250. The van der Waals surface area contributed by atoms with Gasteiger partial charge >= 0.3 is 0 Å². The van der Waals surface area contributed by atoms with Crippen LogP contribution < -0.4 is 20.9 Å². The van der Waals surface area contributed by atoms with Crippen molar-refractivity contribution >= 4 is 34.8 Å². The Kier molecular flexibility index (Phi) is 7.45. The molecule has 0 atom stereocenters. The predicted molar refractivity (Wildman–Crippen MR) is 139 cm³/mol. The summed E-state index contributed by atoms with van der Waals surface area (Å²) in [6.45, 7) is 4.70. The van der Waals surface area contributed by atoms with Crippen LogP contribution in [0.4, 0.5) is 17.1 Å². The number of carbonyl (C=O) groups is 3. The maximum atomic E-state index is 13.0. The molecule has 4 rings (SSSR count). The van der Waals surface area contributed by atoms with E-state index in [1.165, 1.54) is 0 Å². The van der Waals surface area contributed by atoms with Crippen molar-refractivity contribution in [2.24, 2.45) is 0 Å². The highest BCUT2D eigenvalue weighted by Gasteiger charge is 2.24. The summed E-state index contributed by atoms with van der Waals surface area (Å²) in [5.74, 6) is -0.618. The fourth-order valence-corrected chi connectivity index (χ4v) is 4.29. The number of nitrogens with zero attached hydrogens (tertiary/aromatic N) is 1. The Labute approximate surface area is 205 Å². The highest BCUT2D eigenvalue weighted by Crippen LogP contribution is 2.30. The van der Waals surface area contributed by atoms with E-state index in [0.29, 0.717) is 29.0 Å². The lowest BCUT2D eigenvalue weighted by atomic mass is 9.95. The van der Waals surface area contributed by atoms with Crippen molar-refractivity contribution in [3.05, 3.63) is 89.5 Å². The number of amides is 3. The summed E-state index contributed by atoms with van der Waals surface area (Å²) in [5, 5.41) is 8.71. The molecule has 7 heteroatoms. The van der Waals surface area contributed by atoms with Gasteiger partial charge < -0.3 is 20.9 Å². The first-order valence-corrected chi connectivity index (χ1v) is 11.9. The molecule has 0 aromatic heterocycles. The van der Waals surface area contributed by atoms with Gasteiger partial charge in [0.15, 0.2) is 0 Å². The maximum absolute atomic E-state index is 13.0. The van der Waals surface area contributed by atoms with Crippen molar-refractivity contribution in [2.75, 3.05) is 28.6 Å². The molecule has 0 aliphatic carbocycles. The first-order valence-electron chi connectivity index (χ1n) is 11.9. The minimum absolute atomic E-state index is 0.0444. The van der Waals surface area contributed by atoms with E-state index in [1.54, 1.807) is 24.3 Å². The second-order valence-corrected chi connectivity index (χ2v) is 8.87. The van der Waals surface area contributed by atoms with Crippen LogP contribution in [0, 0.1) is 0 Å². The molecule has 0 unspecified atom stereocenters. The Hall–Kier alpha value is -4.13. The second-order valence-electron chi connectivity index (χ2n) is 8.87. The lowest BCUT2D eigenvalue weighted by Gasteiger charge is -2.32. The van der Waals surface area contributed by atoms with E-state index >= 15 is 0 Å². The zero-order valence-corrected chi connectivity index (χ0v) is 20.0. The molecule has 3 N–H and O–H groups in total. The largest absolute Gasteiger partial charge is 0.362 e. The van der Waals surface area contributed by atoms with Crippen LogP contribution >= 0.6 is 0 Å². The number of carbonyl (C=O) groups excluding carboxylic acids is 3. The maximum Gasteiger partial charge on any atom is 0.257 e. The Morgan fingerprint density at radius 2 is 1.54 bits per heavy atom. The molecule has 35 heavy (non-hydrogen) atoms. The van der Waals surface area contributed by atoms with Crippen LogP contribution in [0.3, 0.4) is 0 Å². The molecule has 1 aliphatic rings. The van der Waals surface area contributed by atoms with Gasteiger partial charge in [0.1, 0.15) is 0 Å². The molecule has 0 radical (unpaired) electrons. The number of anilines is 3. The number of para-hydroxylation sites is 2. The van der Waals surface area contributed by atoms with Crippen molar-refractivity contribution in [2.45, 2.75) is 32.7 Å². The molecule has 0 spiro atoms. The number of rotatable bonds is 7. The van der Waals surface area contributed by atoms with E-state index < -0.39 is 0 Å². The monoisotopic (exact) mass is 470 g/mol. The summed E-state index contributed by atoms with van der Waals surface area (Å²) in [4.78, 5) is 40.5. The van der Waals surface area contributed by atoms with Crippen LogP contribution in [-0.4, -0.2) is 36.9 Å². The molecule has 7 nitrogen and oxygen atoms in total. The van der Waals surface area contributed by atoms with E-state index in [0.717, 1.165) is 24.1 Å². The van der Waals surface area contributed by atoms with Crippen molar-refractivity contribution in [3.63, 3.8) is 0 Å². The first kappa shape index (κ1) is 24.0. The summed E-state index contributed by atoms with van der Waals surface area (Å²) < 4.78 is 0. The van der Waals surface area contributed by atoms with Gasteiger partial charge in [0.2, 0.25) is 5.91 Å². The third-order valence-electron chi connectivity index (χ3n) is 5.82. The molecule has 1 heterocycles. The van der Waals surface area contributed by atoms with Gasteiger partial charge in [0.25, 0.3) is 11.8 Å². The number of fused-ring (bicyclic) bond motifs is 1. The van der Waals surface area contributed by atoms with Crippen molar-refractivity contribution in [1.82, 2.24) is 5.32 Å². The normalized spacial score (nSPS) is 12.6. The number of hydrogen-bond donors (Lipinski definition) is 3. The fourth-order valence-electron chi connectivity index (χ4n) is 4.29. The lowest BCUT2D eigenvalue weighted by molar-refractivity contribution is -0.115. The Morgan fingerprint density at radius 1 is 0.829 bits per heavy atom. The van der Waals surface area contributed by atoms with E-state index in [1.807, 2.05) is 67.3 Å². The highest BCUT2D eigenvalue weighted by atomic mass is 16.2. The van der Waals surface area contributed by atoms with Gasteiger partial charge in [-0.2, -0.15) is 0 Å². The molecule has 0 bridgehead atoms. The van der Waals surface area contributed by atoms with Gasteiger partial charge in [-0.1, -0.05) is 36.4 Å². The van der Waals surface area contributed by atoms with Gasteiger partial charge in [-0.05, 0) is 68.7 Å². The van der Waals surface area contributed by atoms with Gasteiger partial charge in [-0.25, -0.2) is 0 Å². The minimum atomic E-state index is -0.295. The number of nitrogens with one attached hydrogen (secondary N) is 3. The third-order valence-corrected chi connectivity index (χ3v) is 5.82. The topological polar surface area (TPSA) is 90.5 Å². The molecule has 3 aromatic rings. The highest BCUT2D eigenvalue weighted by molar-refractivity contribution is 6.10. The Balaban J connectivity index is 1.48. The van der Waals surface area contributed by atoms with Crippen molar-refractivity contribution in [3.8, 4) is 0 Å². The molecule has 0 fully saturated rings. The van der Waals surface area contributed by atoms with Gasteiger partial charge in [0.05, 0.1) is 17.8 Å². The van der Waals surface area contributed by atoms with E-state index in [9.17, 15) is 14.4 Å². The van der Waals surface area contributed by atoms with E-state index in [4.69, 9.17) is 0 Å². The SMILES string of the molecule is CC(C)NC(=O)c1cccc2c1CCCN2CC(=O)Nc1ccccc1C(=O)Nc1ccccc1. The predicted octanol–water partition coefficient (Wildman–Crippen LogP) is 4.47. The van der Waals surface area contributed by atoms with Crippen LogP contribution in [0.25, 0.3) is 0 Å². The molecular formula is C28H30N4O3. The zero-order chi connectivity index (χ0) is 24.8. The van der Waals surface area contributed by atoms with Crippen LogP contribution in [0.1, 0.15) is 46.5 Å². The quantitative estimate of drug-likeness (QED) is 0.475. The molecule has 1 aliphatic heterocycles. The van der Waals surface area contributed by atoms with Crippen LogP contribution in [0.5, 0.6) is 0 Å². The summed E-state index contributed by atoms with van der Waals surface area (Å²) in [6, 6.07) is 21.8. The summed E-state index contributed by atoms with van der Waals surface area (Å²) in [7, 11) is 0.